The first-order valence-corrected chi connectivity index (χ1v) is 11.4. The number of benzene rings is 1. The molecule has 2 atom stereocenters. The third kappa shape index (κ3) is 5.29. The van der Waals surface area contributed by atoms with Crippen LogP contribution in [0, 0.1) is 0 Å². The summed E-state index contributed by atoms with van der Waals surface area (Å²) in [5.41, 5.74) is 0. The molecule has 3 rings (SSSR count). The predicted octanol–water partition coefficient (Wildman–Crippen LogP) is 5.06. The first-order valence-electron chi connectivity index (χ1n) is 9.24. The van der Waals surface area contributed by atoms with E-state index in [1.165, 1.54) is 23.1 Å². The minimum atomic E-state index is -0.346. The summed E-state index contributed by atoms with van der Waals surface area (Å²) in [5, 5.41) is 14.8. The highest BCUT2D eigenvalue weighted by atomic mass is 35.5. The van der Waals surface area contributed by atoms with E-state index in [1.54, 1.807) is 12.3 Å². The van der Waals surface area contributed by atoms with Gasteiger partial charge in [-0.05, 0) is 32.4 Å². The van der Waals surface area contributed by atoms with Crippen LogP contribution in [0.2, 0.25) is 5.02 Å². The van der Waals surface area contributed by atoms with E-state index in [2.05, 4.69) is 20.5 Å². The number of nitrogens with one attached hydrogen (secondary N) is 1. The second-order valence-corrected chi connectivity index (χ2v) is 8.59. The molecule has 0 spiro atoms. The molecule has 0 aliphatic heterocycles. The van der Waals surface area contributed by atoms with Crippen molar-refractivity contribution in [1.29, 1.82) is 0 Å². The van der Waals surface area contributed by atoms with Crippen LogP contribution < -0.4 is 10.1 Å². The number of hydrogen-bond donors (Lipinski definition) is 1. The molecule has 0 saturated heterocycles. The van der Waals surface area contributed by atoms with E-state index in [9.17, 15) is 4.79 Å². The molecule has 0 bridgehead atoms. The number of carbonyl (C=O) groups is 1. The van der Waals surface area contributed by atoms with Gasteiger partial charge in [0.25, 0.3) is 0 Å². The lowest BCUT2D eigenvalue weighted by atomic mass is 10.3. The first-order chi connectivity index (χ1) is 14.0. The maximum absolute atomic E-state index is 12.6. The Balaban J connectivity index is 1.74. The van der Waals surface area contributed by atoms with Crippen molar-refractivity contribution in [3.63, 3.8) is 0 Å². The van der Waals surface area contributed by atoms with Crippen molar-refractivity contribution < 1.29 is 9.53 Å². The van der Waals surface area contributed by atoms with Crippen molar-refractivity contribution in [1.82, 2.24) is 19.7 Å². The highest BCUT2D eigenvalue weighted by Gasteiger charge is 2.25. The van der Waals surface area contributed by atoms with Crippen molar-refractivity contribution in [3.8, 4) is 5.75 Å². The largest absolute Gasteiger partial charge is 0.481 e. The Morgan fingerprint density at radius 3 is 2.79 bits per heavy atom. The lowest BCUT2D eigenvalue weighted by Crippen LogP contribution is -2.25. The van der Waals surface area contributed by atoms with E-state index in [1.807, 2.05) is 48.9 Å². The number of carbonyl (C=O) groups excluding carboxylic acids is 1. The molecular weight excluding hydrogens is 430 g/mol. The zero-order valence-corrected chi connectivity index (χ0v) is 18.7. The Labute approximate surface area is 182 Å². The van der Waals surface area contributed by atoms with Gasteiger partial charge >= 0.3 is 0 Å². The molecule has 154 valence electrons. The van der Waals surface area contributed by atoms with Gasteiger partial charge in [-0.3, -0.25) is 4.79 Å². The van der Waals surface area contributed by atoms with Gasteiger partial charge in [0.05, 0.1) is 10.3 Å². The molecule has 29 heavy (non-hydrogen) atoms. The Bertz CT molecular complexity index is 948. The van der Waals surface area contributed by atoms with Gasteiger partial charge in [-0.2, -0.15) is 0 Å². The summed E-state index contributed by atoms with van der Waals surface area (Å²) < 4.78 is 7.95. The third-order valence-electron chi connectivity index (χ3n) is 4.14. The predicted molar refractivity (Wildman–Crippen MR) is 117 cm³/mol. The van der Waals surface area contributed by atoms with Crippen LogP contribution >= 0.6 is 34.7 Å². The Morgan fingerprint density at radius 1 is 1.34 bits per heavy atom. The van der Waals surface area contributed by atoms with Gasteiger partial charge in [0, 0.05) is 18.1 Å². The maximum atomic E-state index is 12.6. The van der Waals surface area contributed by atoms with Gasteiger partial charge in [0.2, 0.25) is 5.91 Å². The summed E-state index contributed by atoms with van der Waals surface area (Å²) >= 11 is 8.98. The van der Waals surface area contributed by atoms with Crippen molar-refractivity contribution in [2.45, 2.75) is 50.2 Å². The van der Waals surface area contributed by atoms with Gasteiger partial charge < -0.3 is 14.6 Å². The number of halogens is 1. The van der Waals surface area contributed by atoms with Crippen LogP contribution in [0.25, 0.3) is 0 Å². The number of ether oxygens (including phenoxy) is 1. The van der Waals surface area contributed by atoms with Crippen LogP contribution in [0.3, 0.4) is 0 Å². The lowest BCUT2D eigenvalue weighted by molar-refractivity contribution is -0.115. The van der Waals surface area contributed by atoms with Crippen molar-refractivity contribution in [3.05, 3.63) is 46.7 Å². The highest BCUT2D eigenvalue weighted by Crippen LogP contribution is 2.31. The molecule has 2 aromatic heterocycles. The van der Waals surface area contributed by atoms with Crippen LogP contribution in [-0.4, -0.2) is 30.9 Å². The third-order valence-corrected chi connectivity index (χ3v) is 6.48. The number of hydrogen-bond acceptors (Lipinski definition) is 7. The second-order valence-electron chi connectivity index (χ2n) is 6.12. The normalized spacial score (nSPS) is 13.1. The van der Waals surface area contributed by atoms with Gasteiger partial charge in [-0.25, -0.2) is 4.98 Å². The molecule has 0 radical (unpaired) electrons. The average molecular weight is 452 g/mol. The fraction of sp³-hybridized carbons (Fsp3) is 0.368. The lowest BCUT2D eigenvalue weighted by Gasteiger charge is -2.17. The summed E-state index contributed by atoms with van der Waals surface area (Å²) in [6, 6.07) is 7.32. The molecule has 1 N–H and O–H groups in total. The van der Waals surface area contributed by atoms with Crippen molar-refractivity contribution in [2.24, 2.45) is 0 Å². The number of aromatic nitrogens is 4. The van der Waals surface area contributed by atoms with Crippen LogP contribution in [0.15, 0.2) is 41.0 Å². The molecule has 1 amide bonds. The molecule has 10 heteroatoms. The number of amides is 1. The molecule has 2 unspecified atom stereocenters. The van der Waals surface area contributed by atoms with Crippen molar-refractivity contribution in [2.75, 3.05) is 5.32 Å². The summed E-state index contributed by atoms with van der Waals surface area (Å²) in [6.07, 6.45) is 1.97. The minimum Gasteiger partial charge on any atom is -0.481 e. The Kier molecular flexibility index (Phi) is 7.51. The number of rotatable bonds is 9. The SMILES string of the molecule is CCC(Sc1nnc(C(C)Oc2ccccc2Cl)n1CC)C(=O)Nc1nccs1. The average Bonchev–Trinajstić information content (AvgIpc) is 3.37. The van der Waals surface area contributed by atoms with E-state index in [-0.39, 0.29) is 17.3 Å². The quantitative estimate of drug-likeness (QED) is 0.458. The fourth-order valence-electron chi connectivity index (χ4n) is 2.69. The first kappa shape index (κ1) is 21.6. The van der Waals surface area contributed by atoms with Gasteiger partial charge in [-0.15, -0.1) is 21.5 Å². The second kappa shape index (κ2) is 10.1. The van der Waals surface area contributed by atoms with Crippen LogP contribution in [-0.2, 0) is 11.3 Å². The van der Waals surface area contributed by atoms with Crippen LogP contribution in [0.5, 0.6) is 5.75 Å². The zero-order chi connectivity index (χ0) is 20.8. The number of anilines is 1. The number of thiazole rings is 1. The fourth-order valence-corrected chi connectivity index (χ4v) is 4.43. The van der Waals surface area contributed by atoms with Crippen LogP contribution in [0.1, 0.15) is 39.1 Å². The molecule has 2 heterocycles. The molecule has 0 saturated carbocycles. The zero-order valence-electron chi connectivity index (χ0n) is 16.3. The van der Waals surface area contributed by atoms with Gasteiger partial charge in [-0.1, -0.05) is 42.4 Å². The Hall–Kier alpha value is -2.10. The van der Waals surface area contributed by atoms with E-state index >= 15 is 0 Å². The van der Waals surface area contributed by atoms with Crippen molar-refractivity contribution >= 4 is 45.7 Å². The standard InChI is InChI=1S/C19H22ClN5O2S2/c1-4-15(17(26)22-18-21-10-11-28-18)29-19-24-23-16(25(19)5-2)12(3)27-14-9-7-6-8-13(14)20/h6-12,15H,4-5H2,1-3H3,(H,21,22,26). The number of para-hydroxylation sites is 1. The van der Waals surface area contributed by atoms with E-state index in [0.29, 0.717) is 39.9 Å². The summed E-state index contributed by atoms with van der Waals surface area (Å²) in [7, 11) is 0. The Morgan fingerprint density at radius 2 is 2.14 bits per heavy atom. The smallest absolute Gasteiger partial charge is 0.239 e. The minimum absolute atomic E-state index is 0.0972. The van der Waals surface area contributed by atoms with Gasteiger partial charge in [0.15, 0.2) is 22.2 Å². The summed E-state index contributed by atoms with van der Waals surface area (Å²) in [6.45, 7) is 6.54. The summed E-state index contributed by atoms with van der Waals surface area (Å²) in [5.74, 6) is 1.18. The van der Waals surface area contributed by atoms with Crippen LogP contribution in [0.4, 0.5) is 5.13 Å². The topological polar surface area (TPSA) is 81.9 Å². The molecule has 7 nitrogen and oxygen atoms in total. The van der Waals surface area contributed by atoms with E-state index < -0.39 is 0 Å². The molecule has 3 aromatic rings. The maximum Gasteiger partial charge on any atom is 0.239 e. The van der Waals surface area contributed by atoms with E-state index in [4.69, 9.17) is 16.3 Å². The molecule has 1 aromatic carbocycles. The molecule has 0 fully saturated rings. The number of nitrogens with zero attached hydrogens (tertiary/aromatic N) is 4. The monoisotopic (exact) mass is 451 g/mol. The highest BCUT2D eigenvalue weighted by molar-refractivity contribution is 8.00. The molecular formula is C19H22ClN5O2S2. The molecule has 0 aliphatic rings. The number of thioether (sulfide) groups is 1. The van der Waals surface area contributed by atoms with Gasteiger partial charge in [0.1, 0.15) is 5.75 Å². The van der Waals surface area contributed by atoms with E-state index in [0.717, 1.165) is 0 Å². The molecule has 0 aliphatic carbocycles. The summed E-state index contributed by atoms with van der Waals surface area (Å²) in [4.78, 5) is 16.7.